The van der Waals surface area contributed by atoms with E-state index in [9.17, 15) is 0 Å². The zero-order chi connectivity index (χ0) is 14.9. The molecule has 0 bridgehead atoms. The second kappa shape index (κ2) is 5.79. The highest BCUT2D eigenvalue weighted by Crippen LogP contribution is 2.47. The van der Waals surface area contributed by atoms with Crippen molar-refractivity contribution in [2.45, 2.75) is 78.2 Å². The minimum Gasteiger partial charge on any atom is -0.488 e. The van der Waals surface area contributed by atoms with Gasteiger partial charge in [-0.2, -0.15) is 0 Å². The third-order valence-corrected chi connectivity index (χ3v) is 4.45. The maximum absolute atomic E-state index is 6.39. The molecule has 2 rings (SSSR count). The highest BCUT2D eigenvalue weighted by Gasteiger charge is 2.32. The first-order valence-corrected chi connectivity index (χ1v) is 8.15. The van der Waals surface area contributed by atoms with Gasteiger partial charge in [0.25, 0.3) is 0 Å². The van der Waals surface area contributed by atoms with Crippen LogP contribution in [0.15, 0.2) is 18.2 Å². The topological polar surface area (TPSA) is 9.23 Å². The van der Waals surface area contributed by atoms with Gasteiger partial charge in [-0.3, -0.25) is 0 Å². The molecule has 0 unspecified atom stereocenters. The van der Waals surface area contributed by atoms with E-state index in [4.69, 9.17) is 4.74 Å². The van der Waals surface area contributed by atoms with Crippen molar-refractivity contribution in [1.82, 2.24) is 0 Å². The Kier molecular flexibility index (Phi) is 4.46. The maximum Gasteiger partial charge on any atom is 0.127 e. The second-order valence-corrected chi connectivity index (χ2v) is 7.42. The Morgan fingerprint density at radius 2 is 1.75 bits per heavy atom. The molecule has 0 heterocycles. The summed E-state index contributed by atoms with van der Waals surface area (Å²) in [5.41, 5.74) is 2.66. The lowest BCUT2D eigenvalue weighted by Gasteiger charge is -2.29. The number of benzene rings is 1. The van der Waals surface area contributed by atoms with E-state index < -0.39 is 0 Å². The summed E-state index contributed by atoms with van der Waals surface area (Å²) < 4.78 is 6.39. The minimum atomic E-state index is -0.137. The van der Waals surface area contributed by atoms with E-state index in [0.717, 1.165) is 18.1 Å². The van der Waals surface area contributed by atoms with E-state index >= 15 is 0 Å². The molecule has 0 aromatic heterocycles. The SMILES string of the molecule is CC[C@H](C)c1cccc([C@H](C)C2CC2)c1OC(C)(C)C. The Morgan fingerprint density at radius 3 is 2.25 bits per heavy atom. The van der Waals surface area contributed by atoms with Crippen LogP contribution in [0.1, 0.15) is 83.8 Å². The van der Waals surface area contributed by atoms with Crippen molar-refractivity contribution in [3.63, 3.8) is 0 Å². The fraction of sp³-hybridized carbons (Fsp3) is 0.684. The Bertz CT molecular complexity index is 451. The van der Waals surface area contributed by atoms with Gasteiger partial charge in [-0.1, -0.05) is 39.0 Å². The van der Waals surface area contributed by atoms with E-state index in [1.807, 2.05) is 0 Å². The van der Waals surface area contributed by atoms with Gasteiger partial charge < -0.3 is 4.74 Å². The fourth-order valence-corrected chi connectivity index (χ4v) is 2.81. The molecule has 1 nitrogen and oxygen atoms in total. The summed E-state index contributed by atoms with van der Waals surface area (Å²) in [6.07, 6.45) is 3.91. The molecule has 0 saturated heterocycles. The third-order valence-electron chi connectivity index (χ3n) is 4.45. The van der Waals surface area contributed by atoms with Crippen LogP contribution in [0.4, 0.5) is 0 Å². The largest absolute Gasteiger partial charge is 0.488 e. The molecular weight excluding hydrogens is 244 g/mol. The predicted molar refractivity (Wildman–Crippen MR) is 86.7 cm³/mol. The first-order valence-electron chi connectivity index (χ1n) is 8.15. The van der Waals surface area contributed by atoms with Gasteiger partial charge in [-0.15, -0.1) is 0 Å². The van der Waals surface area contributed by atoms with Gasteiger partial charge >= 0.3 is 0 Å². The van der Waals surface area contributed by atoms with Gasteiger partial charge in [-0.05, 0) is 68.9 Å². The molecule has 1 fully saturated rings. The smallest absolute Gasteiger partial charge is 0.127 e. The molecule has 1 aromatic rings. The van der Waals surface area contributed by atoms with Gasteiger partial charge in [0.05, 0.1) is 0 Å². The number of hydrogen-bond donors (Lipinski definition) is 0. The van der Waals surface area contributed by atoms with Crippen LogP contribution >= 0.6 is 0 Å². The van der Waals surface area contributed by atoms with Crippen molar-refractivity contribution in [2.75, 3.05) is 0 Å². The monoisotopic (exact) mass is 274 g/mol. The van der Waals surface area contributed by atoms with E-state index in [0.29, 0.717) is 11.8 Å². The second-order valence-electron chi connectivity index (χ2n) is 7.42. The lowest BCUT2D eigenvalue weighted by Crippen LogP contribution is -2.25. The molecular formula is C19H30O. The van der Waals surface area contributed by atoms with Crippen LogP contribution in [0.25, 0.3) is 0 Å². The molecule has 1 aliphatic carbocycles. The molecule has 0 aliphatic heterocycles. The van der Waals surface area contributed by atoms with E-state index in [1.54, 1.807) is 0 Å². The Labute approximate surface area is 124 Å². The standard InChI is InChI=1S/C19H30O/c1-7-13(2)16-9-8-10-17(14(3)15-11-12-15)18(16)20-19(4,5)6/h8-10,13-15H,7,11-12H2,1-6H3/t13-,14+/m0/s1. The summed E-state index contributed by atoms with van der Waals surface area (Å²) in [7, 11) is 0. The quantitative estimate of drug-likeness (QED) is 0.650. The van der Waals surface area contributed by atoms with Crippen molar-refractivity contribution in [1.29, 1.82) is 0 Å². The molecule has 1 heteroatoms. The summed E-state index contributed by atoms with van der Waals surface area (Å²) in [5, 5.41) is 0. The molecule has 1 aromatic carbocycles. The van der Waals surface area contributed by atoms with E-state index in [1.165, 1.54) is 24.0 Å². The molecule has 20 heavy (non-hydrogen) atoms. The molecule has 0 N–H and O–H groups in total. The molecule has 1 aliphatic rings. The third kappa shape index (κ3) is 3.56. The number of ether oxygens (including phenoxy) is 1. The minimum absolute atomic E-state index is 0.137. The van der Waals surface area contributed by atoms with Crippen molar-refractivity contribution in [3.05, 3.63) is 29.3 Å². The number of hydrogen-bond acceptors (Lipinski definition) is 1. The predicted octanol–water partition coefficient (Wildman–Crippen LogP) is 5.89. The molecule has 0 radical (unpaired) electrons. The average molecular weight is 274 g/mol. The molecule has 0 amide bonds. The maximum atomic E-state index is 6.39. The molecule has 0 spiro atoms. The first-order chi connectivity index (χ1) is 9.33. The highest BCUT2D eigenvalue weighted by atomic mass is 16.5. The van der Waals surface area contributed by atoms with Crippen LogP contribution in [0.3, 0.4) is 0 Å². The zero-order valence-electron chi connectivity index (χ0n) is 14.0. The summed E-state index contributed by atoms with van der Waals surface area (Å²) in [6, 6.07) is 6.74. The van der Waals surface area contributed by atoms with Gasteiger partial charge in [-0.25, -0.2) is 0 Å². The van der Waals surface area contributed by atoms with Crippen LogP contribution in [-0.2, 0) is 0 Å². The first kappa shape index (κ1) is 15.4. The van der Waals surface area contributed by atoms with Crippen LogP contribution < -0.4 is 4.74 Å². The zero-order valence-corrected chi connectivity index (χ0v) is 14.0. The van der Waals surface area contributed by atoms with E-state index in [-0.39, 0.29) is 5.60 Å². The summed E-state index contributed by atoms with van der Waals surface area (Å²) in [6.45, 7) is 13.4. The van der Waals surface area contributed by atoms with Crippen molar-refractivity contribution in [3.8, 4) is 5.75 Å². The lowest BCUT2D eigenvalue weighted by molar-refractivity contribution is 0.126. The number of para-hydroxylation sites is 1. The normalized spacial score (nSPS) is 18.7. The summed E-state index contributed by atoms with van der Waals surface area (Å²) >= 11 is 0. The van der Waals surface area contributed by atoms with E-state index in [2.05, 4.69) is 59.7 Å². The van der Waals surface area contributed by atoms with Gasteiger partial charge in [0.2, 0.25) is 0 Å². The Morgan fingerprint density at radius 1 is 1.15 bits per heavy atom. The summed E-state index contributed by atoms with van der Waals surface area (Å²) in [4.78, 5) is 0. The Hall–Kier alpha value is -0.980. The average Bonchev–Trinajstić information content (AvgIpc) is 3.19. The van der Waals surface area contributed by atoms with Crippen LogP contribution in [0.2, 0.25) is 0 Å². The highest BCUT2D eigenvalue weighted by molar-refractivity contribution is 5.46. The molecule has 2 atom stereocenters. The molecule has 112 valence electrons. The van der Waals surface area contributed by atoms with Crippen molar-refractivity contribution in [2.24, 2.45) is 5.92 Å². The van der Waals surface area contributed by atoms with Gasteiger partial charge in [0, 0.05) is 0 Å². The van der Waals surface area contributed by atoms with Crippen molar-refractivity contribution < 1.29 is 4.74 Å². The van der Waals surface area contributed by atoms with Crippen LogP contribution in [0.5, 0.6) is 5.75 Å². The van der Waals surface area contributed by atoms with Crippen LogP contribution in [-0.4, -0.2) is 5.60 Å². The van der Waals surface area contributed by atoms with Crippen molar-refractivity contribution >= 4 is 0 Å². The van der Waals surface area contributed by atoms with Gasteiger partial charge in [0.15, 0.2) is 0 Å². The Balaban J connectivity index is 2.43. The molecule has 1 saturated carbocycles. The lowest BCUT2D eigenvalue weighted by atomic mass is 9.89. The number of rotatable bonds is 5. The fourth-order valence-electron chi connectivity index (χ4n) is 2.81. The van der Waals surface area contributed by atoms with Crippen LogP contribution in [0, 0.1) is 5.92 Å². The van der Waals surface area contributed by atoms with Gasteiger partial charge in [0.1, 0.15) is 11.4 Å². The summed E-state index contributed by atoms with van der Waals surface area (Å²) in [5.74, 6) is 3.20.